The van der Waals surface area contributed by atoms with E-state index >= 15 is 0 Å². The van der Waals surface area contributed by atoms with Crippen LogP contribution in [-0.4, -0.2) is 149 Å². The molecule has 3 aliphatic rings. The number of nitrogens with two attached hydrogens (primary N) is 1. The van der Waals surface area contributed by atoms with Crippen molar-refractivity contribution in [3.63, 3.8) is 0 Å². The normalized spacial score (nSPS) is 48.0. The second-order valence-electron chi connectivity index (χ2n) is 9.77. The molecular formula is C22H40N3O13-. The molecule has 0 spiro atoms. The molecule has 3 fully saturated rings. The van der Waals surface area contributed by atoms with Gasteiger partial charge in [0.15, 0.2) is 12.6 Å². The first-order chi connectivity index (χ1) is 18.0. The Morgan fingerprint density at radius 3 is 1.89 bits per heavy atom. The van der Waals surface area contributed by atoms with Crippen LogP contribution in [-0.2, 0) is 33.2 Å². The third-order valence-corrected chi connectivity index (χ3v) is 7.21. The summed E-state index contributed by atoms with van der Waals surface area (Å²) >= 11 is 0. The van der Waals surface area contributed by atoms with Crippen molar-refractivity contribution in [1.29, 1.82) is 0 Å². The molecule has 0 aromatic heterocycles. The van der Waals surface area contributed by atoms with Gasteiger partial charge < -0.3 is 75.8 Å². The van der Waals surface area contributed by atoms with Crippen molar-refractivity contribution in [2.24, 2.45) is 11.7 Å². The van der Waals surface area contributed by atoms with Gasteiger partial charge >= 0.3 is 0 Å². The number of carbonyl (C=O) groups is 1. The largest absolute Gasteiger partial charge is 0.668 e. The van der Waals surface area contributed by atoms with E-state index in [2.05, 4.69) is 5.32 Å². The first kappa shape index (κ1) is 31.4. The number of aliphatic hydroxyl groups excluding tert-OH is 6. The van der Waals surface area contributed by atoms with E-state index in [1.165, 1.54) is 14.0 Å². The minimum absolute atomic E-state index is 0.420. The summed E-state index contributed by atoms with van der Waals surface area (Å²) < 4.78 is 33.7. The third-order valence-electron chi connectivity index (χ3n) is 7.21. The van der Waals surface area contributed by atoms with Crippen molar-refractivity contribution in [2.75, 3.05) is 26.9 Å². The zero-order valence-electron chi connectivity index (χ0n) is 21.4. The van der Waals surface area contributed by atoms with Crippen molar-refractivity contribution in [2.45, 2.75) is 99.7 Å². The molecule has 15 atom stereocenters. The van der Waals surface area contributed by atoms with Gasteiger partial charge in [-0.3, -0.25) is 4.79 Å². The summed E-state index contributed by atoms with van der Waals surface area (Å²) in [7, 11) is 1.29. The maximum atomic E-state index is 11.6. The van der Waals surface area contributed by atoms with Crippen LogP contribution >= 0.6 is 0 Å². The Hall–Kier alpha value is -1.09. The lowest BCUT2D eigenvalue weighted by Crippen LogP contribution is -2.68. The number of rotatable bonds is 9. The fourth-order valence-corrected chi connectivity index (χ4v) is 4.94. The van der Waals surface area contributed by atoms with Crippen LogP contribution in [0.15, 0.2) is 0 Å². The van der Waals surface area contributed by atoms with Gasteiger partial charge in [-0.05, 0) is 0 Å². The Labute approximate surface area is 219 Å². The van der Waals surface area contributed by atoms with Crippen LogP contribution in [0.3, 0.4) is 0 Å². The summed E-state index contributed by atoms with van der Waals surface area (Å²) in [4.78, 5) is 11.6. The van der Waals surface area contributed by atoms with E-state index in [1.807, 2.05) is 0 Å². The van der Waals surface area contributed by atoms with Crippen LogP contribution in [0, 0.1) is 5.92 Å². The molecule has 0 saturated carbocycles. The number of methoxy groups -OCH3 is 1. The highest BCUT2D eigenvalue weighted by Gasteiger charge is 2.51. The first-order valence-corrected chi connectivity index (χ1v) is 12.4. The fourth-order valence-electron chi connectivity index (χ4n) is 4.94. The van der Waals surface area contributed by atoms with E-state index in [9.17, 15) is 35.4 Å². The first-order valence-electron chi connectivity index (χ1n) is 12.4. The average Bonchev–Trinajstić information content (AvgIpc) is 2.90. The highest BCUT2D eigenvalue weighted by Crippen LogP contribution is 2.33. The van der Waals surface area contributed by atoms with Crippen LogP contribution in [0.2, 0.25) is 0 Å². The molecule has 3 aliphatic heterocycles. The summed E-state index contributed by atoms with van der Waals surface area (Å²) in [5, 5.41) is 64.1. The SMILES string of the molecule is COC1OC(CO)[C@@H](OC2OC(CO)[C@@H](OC3OC(CO)[C@@H](C)[C@H](O)C3N)[C@H](O)C2[NH-])[C@H](O)C1NC(C)=O. The second-order valence-corrected chi connectivity index (χ2v) is 9.77. The molecule has 1 amide bonds. The number of aliphatic hydroxyl groups is 6. The van der Waals surface area contributed by atoms with E-state index in [0.717, 1.165) is 0 Å². The van der Waals surface area contributed by atoms with Crippen LogP contribution < -0.4 is 11.1 Å². The molecule has 3 heterocycles. The predicted molar refractivity (Wildman–Crippen MR) is 125 cm³/mol. The smallest absolute Gasteiger partial charge is 0.217 e. The molecule has 0 aromatic carbocycles. The van der Waals surface area contributed by atoms with Gasteiger partial charge in [-0.2, -0.15) is 0 Å². The number of hydrogen-bond donors (Lipinski definition) is 8. The molecule has 0 aliphatic carbocycles. The van der Waals surface area contributed by atoms with E-state index in [0.29, 0.717) is 0 Å². The molecule has 38 heavy (non-hydrogen) atoms. The maximum Gasteiger partial charge on any atom is 0.217 e. The minimum Gasteiger partial charge on any atom is -0.668 e. The van der Waals surface area contributed by atoms with Crippen molar-refractivity contribution >= 4 is 5.91 Å². The number of nitrogens with one attached hydrogen (secondary N) is 2. The topological polar surface area (TPSA) is 256 Å². The Bertz CT molecular complexity index is 764. The Balaban J connectivity index is 1.75. The lowest BCUT2D eigenvalue weighted by atomic mass is 9.89. The second kappa shape index (κ2) is 13.5. The van der Waals surface area contributed by atoms with E-state index < -0.39 is 117 Å². The van der Waals surface area contributed by atoms with Crippen molar-refractivity contribution in [1.82, 2.24) is 5.32 Å². The number of hydrogen-bond acceptors (Lipinski definition) is 14. The molecule has 222 valence electrons. The van der Waals surface area contributed by atoms with Crippen molar-refractivity contribution < 1.29 is 63.9 Å². The van der Waals surface area contributed by atoms with Gasteiger partial charge in [0.1, 0.15) is 42.9 Å². The minimum atomic E-state index is -1.63. The Morgan fingerprint density at radius 1 is 0.868 bits per heavy atom. The van der Waals surface area contributed by atoms with Crippen molar-refractivity contribution in [3.05, 3.63) is 5.73 Å². The zero-order valence-corrected chi connectivity index (χ0v) is 21.4. The molecule has 0 aromatic rings. The summed E-state index contributed by atoms with van der Waals surface area (Å²) in [5.74, 6) is -0.990. The monoisotopic (exact) mass is 554 g/mol. The van der Waals surface area contributed by atoms with Gasteiger partial charge in [0, 0.05) is 20.0 Å². The number of amides is 1. The van der Waals surface area contributed by atoms with Gasteiger partial charge in [0.05, 0.1) is 44.2 Å². The van der Waals surface area contributed by atoms with E-state index in [-0.39, 0.29) is 0 Å². The van der Waals surface area contributed by atoms with Crippen LogP contribution in [0.4, 0.5) is 0 Å². The zero-order chi connectivity index (χ0) is 28.3. The summed E-state index contributed by atoms with van der Waals surface area (Å²) in [6.45, 7) is 1.14. The average molecular weight is 555 g/mol. The van der Waals surface area contributed by atoms with Crippen LogP contribution in [0.5, 0.6) is 0 Å². The molecular weight excluding hydrogens is 514 g/mol. The van der Waals surface area contributed by atoms with Gasteiger partial charge in [-0.15, -0.1) is 0 Å². The van der Waals surface area contributed by atoms with E-state index in [1.54, 1.807) is 6.92 Å². The van der Waals surface area contributed by atoms with Crippen LogP contribution in [0.1, 0.15) is 13.8 Å². The molecule has 9 unspecified atom stereocenters. The van der Waals surface area contributed by atoms with Gasteiger partial charge in [-0.1, -0.05) is 13.0 Å². The summed E-state index contributed by atoms with van der Waals surface area (Å²) in [6, 6.07) is -3.70. The molecule has 16 nitrogen and oxygen atoms in total. The predicted octanol–water partition coefficient (Wildman–Crippen LogP) is -4.47. The lowest BCUT2D eigenvalue weighted by Gasteiger charge is -2.51. The quantitative estimate of drug-likeness (QED) is 0.134. The molecule has 10 N–H and O–H groups in total. The highest BCUT2D eigenvalue weighted by molar-refractivity contribution is 5.73. The highest BCUT2D eigenvalue weighted by atomic mass is 16.7. The molecule has 3 saturated heterocycles. The third kappa shape index (κ3) is 6.45. The molecule has 0 radical (unpaired) electrons. The Kier molecular flexibility index (Phi) is 11.2. The standard InChI is InChI=1S/C22H40N3O13/c1-7-9(4-26)34-20(12(23)15(7)30)37-18-10(5-27)35-21(13(24)16(18)31)38-19-11(6-28)36-22(33-3)14(17(19)32)25-8(2)29/h7,9-22,24,26-28,30-32H,4-6,23H2,1-3H3,(H,25,29)/q-1/t7-,9?,10?,11?,12?,13?,14?,15+,16-,17-,18-,19-,20?,21?,22?/m1/s1. The van der Waals surface area contributed by atoms with Gasteiger partial charge in [0.2, 0.25) is 5.91 Å². The van der Waals surface area contributed by atoms with Crippen molar-refractivity contribution in [3.8, 4) is 0 Å². The maximum absolute atomic E-state index is 11.6. The molecule has 3 rings (SSSR count). The lowest BCUT2D eigenvalue weighted by molar-refractivity contribution is -0.344. The summed E-state index contributed by atoms with van der Waals surface area (Å²) in [6.07, 6.45) is -14.0. The number of ether oxygens (including phenoxy) is 6. The summed E-state index contributed by atoms with van der Waals surface area (Å²) in [5.41, 5.74) is 14.5. The Morgan fingerprint density at radius 2 is 1.37 bits per heavy atom. The van der Waals surface area contributed by atoms with E-state index in [4.69, 9.17) is 39.9 Å². The fraction of sp³-hybridized carbons (Fsp3) is 0.955. The van der Waals surface area contributed by atoms with Gasteiger partial charge in [0.25, 0.3) is 0 Å². The van der Waals surface area contributed by atoms with Gasteiger partial charge in [-0.25, -0.2) is 0 Å². The molecule has 16 heteroatoms. The number of carbonyl (C=O) groups excluding carboxylic acids is 1. The van der Waals surface area contributed by atoms with Crippen LogP contribution in [0.25, 0.3) is 5.73 Å². The molecule has 0 bridgehead atoms.